The maximum atomic E-state index is 13.3. The van der Waals surface area contributed by atoms with Crippen LogP contribution in [-0.4, -0.2) is 23.1 Å². The second-order valence-corrected chi connectivity index (χ2v) is 3.93. The Kier molecular flexibility index (Phi) is 3.64. The summed E-state index contributed by atoms with van der Waals surface area (Å²) in [6, 6.07) is 0. The van der Waals surface area contributed by atoms with Crippen molar-refractivity contribution in [2.75, 3.05) is 0 Å². The summed E-state index contributed by atoms with van der Waals surface area (Å²) in [5, 5.41) is 8.71. The van der Waals surface area contributed by atoms with Gasteiger partial charge < -0.3 is 5.11 Å². The first-order chi connectivity index (χ1) is 9.51. The van der Waals surface area contributed by atoms with Gasteiger partial charge in [0.1, 0.15) is 5.56 Å². The molecule has 0 atom stereocenters. The van der Waals surface area contributed by atoms with Crippen LogP contribution < -0.4 is 16.3 Å². The number of alkyl halides is 9. The van der Waals surface area contributed by atoms with Crippen molar-refractivity contribution in [2.24, 2.45) is 0 Å². The summed E-state index contributed by atoms with van der Waals surface area (Å²) in [6.45, 7) is 0. The van der Waals surface area contributed by atoms with E-state index in [0.29, 0.717) is 0 Å². The minimum atomic E-state index is -7.33. The molecule has 0 bridgehead atoms. The third-order valence-corrected chi connectivity index (χ3v) is 2.55. The molecular formula is C9HF9O4. The van der Waals surface area contributed by atoms with Crippen LogP contribution in [0.3, 0.4) is 0 Å². The van der Waals surface area contributed by atoms with Crippen LogP contribution in [0, 0.1) is 0 Å². The van der Waals surface area contributed by atoms with E-state index in [1.165, 1.54) is 0 Å². The quantitative estimate of drug-likeness (QED) is 0.662. The minimum absolute atomic E-state index is 2.43. The third kappa shape index (κ3) is 1.98. The molecule has 0 aliphatic rings. The van der Waals surface area contributed by atoms with Gasteiger partial charge in [-0.1, -0.05) is 0 Å². The van der Waals surface area contributed by atoms with Gasteiger partial charge in [-0.05, 0) is 0 Å². The molecule has 0 aliphatic carbocycles. The van der Waals surface area contributed by atoms with Crippen LogP contribution in [-0.2, 0) is 5.92 Å². The molecule has 13 heteroatoms. The molecule has 0 spiro atoms. The molecule has 0 fully saturated rings. The van der Waals surface area contributed by atoms with Crippen LogP contribution in [0.1, 0.15) is 5.56 Å². The van der Waals surface area contributed by atoms with Crippen molar-refractivity contribution < 1.29 is 44.6 Å². The second kappa shape index (κ2) is 4.46. The first-order valence-corrected chi connectivity index (χ1v) is 4.79. The lowest BCUT2D eigenvalue weighted by Gasteiger charge is -2.33. The van der Waals surface area contributed by atoms with E-state index in [4.69, 9.17) is 5.11 Å². The number of hydrogen-bond donors (Lipinski definition) is 1. The van der Waals surface area contributed by atoms with Crippen molar-refractivity contribution in [3.8, 4) is 5.75 Å². The van der Waals surface area contributed by atoms with E-state index in [1.54, 1.807) is 0 Å². The largest absolute Gasteiger partial charge is 0.504 e. The highest BCUT2D eigenvalue weighted by Gasteiger charge is 2.83. The fraction of sp³-hybridized carbons (Fsp3) is 0.444. The van der Waals surface area contributed by atoms with Crippen LogP contribution in [0.15, 0.2) is 14.4 Å². The summed E-state index contributed by atoms with van der Waals surface area (Å²) in [7, 11) is 0. The SMILES string of the molecule is O=c1c(O)c(C(F)(F)C(F)(F)C(F)(F)C(F)(F)F)c(=O)c1=O. The summed E-state index contributed by atoms with van der Waals surface area (Å²) in [6.07, 6.45) is -7.15. The predicted molar refractivity (Wildman–Crippen MR) is 49.1 cm³/mol. The van der Waals surface area contributed by atoms with Gasteiger partial charge in [0, 0.05) is 0 Å². The summed E-state index contributed by atoms with van der Waals surface area (Å²) >= 11 is 0. The van der Waals surface area contributed by atoms with Gasteiger partial charge >= 0.3 is 23.9 Å². The molecule has 1 aromatic rings. The average molecular weight is 344 g/mol. The van der Waals surface area contributed by atoms with Crippen molar-refractivity contribution in [1.82, 2.24) is 0 Å². The Balaban J connectivity index is 3.75. The van der Waals surface area contributed by atoms with E-state index in [2.05, 4.69) is 0 Å². The third-order valence-electron chi connectivity index (χ3n) is 2.55. The monoisotopic (exact) mass is 344 g/mol. The van der Waals surface area contributed by atoms with Crippen molar-refractivity contribution in [2.45, 2.75) is 23.9 Å². The van der Waals surface area contributed by atoms with Gasteiger partial charge in [-0.25, -0.2) is 0 Å². The molecule has 1 N–H and O–H groups in total. The molecule has 4 nitrogen and oxygen atoms in total. The van der Waals surface area contributed by atoms with Gasteiger partial charge in [-0.3, -0.25) is 14.4 Å². The van der Waals surface area contributed by atoms with Gasteiger partial charge in [0.15, 0.2) is 5.75 Å². The number of halogens is 9. The van der Waals surface area contributed by atoms with Gasteiger partial charge in [0.2, 0.25) is 5.43 Å². The molecule has 22 heavy (non-hydrogen) atoms. The van der Waals surface area contributed by atoms with E-state index < -0.39 is 51.5 Å². The van der Waals surface area contributed by atoms with Gasteiger partial charge in [-0.2, -0.15) is 39.5 Å². The maximum Gasteiger partial charge on any atom is 0.460 e. The van der Waals surface area contributed by atoms with Crippen molar-refractivity contribution in [3.63, 3.8) is 0 Å². The smallest absolute Gasteiger partial charge is 0.460 e. The second-order valence-electron chi connectivity index (χ2n) is 3.93. The topological polar surface area (TPSA) is 71.4 Å². The standard InChI is InChI=1S/C9HF9O4/c10-6(11,1-2(19)4(21)5(22)3(1)20)7(12,13)8(14,15)9(16,17)18/h19H. The van der Waals surface area contributed by atoms with Crippen LogP contribution >= 0.6 is 0 Å². The molecule has 0 radical (unpaired) electrons. The highest BCUT2D eigenvalue weighted by molar-refractivity contribution is 5.39. The zero-order valence-corrected chi connectivity index (χ0v) is 9.57. The Morgan fingerprint density at radius 3 is 1.32 bits per heavy atom. The molecule has 124 valence electrons. The van der Waals surface area contributed by atoms with Crippen molar-refractivity contribution in [1.29, 1.82) is 0 Å². The summed E-state index contributed by atoms with van der Waals surface area (Å²) < 4.78 is 113. The fourth-order valence-corrected chi connectivity index (χ4v) is 1.37. The first kappa shape index (κ1) is 18.0. The Morgan fingerprint density at radius 2 is 1.05 bits per heavy atom. The Labute approximate surface area is 112 Å². The van der Waals surface area contributed by atoms with E-state index in [9.17, 15) is 53.9 Å². The molecule has 1 aromatic carbocycles. The van der Waals surface area contributed by atoms with Crippen LogP contribution in [0.2, 0.25) is 0 Å². The van der Waals surface area contributed by atoms with Crippen molar-refractivity contribution in [3.05, 3.63) is 36.2 Å². The van der Waals surface area contributed by atoms with Crippen LogP contribution in [0.4, 0.5) is 39.5 Å². The van der Waals surface area contributed by atoms with E-state index in [1.807, 2.05) is 0 Å². The van der Waals surface area contributed by atoms with Crippen LogP contribution in [0.5, 0.6) is 5.75 Å². The number of aromatic hydroxyl groups is 1. The number of hydrogen-bond acceptors (Lipinski definition) is 4. The maximum absolute atomic E-state index is 13.3. The lowest BCUT2D eigenvalue weighted by molar-refractivity contribution is -0.399. The normalized spacial score (nSPS) is 14.4. The van der Waals surface area contributed by atoms with E-state index in [-0.39, 0.29) is 0 Å². The molecular weight excluding hydrogens is 343 g/mol. The van der Waals surface area contributed by atoms with Gasteiger partial charge in [-0.15, -0.1) is 0 Å². The van der Waals surface area contributed by atoms with Gasteiger partial charge in [0.05, 0.1) is 0 Å². The summed E-state index contributed by atoms with van der Waals surface area (Å²) in [4.78, 5) is 32.2. The first-order valence-electron chi connectivity index (χ1n) is 4.79. The van der Waals surface area contributed by atoms with E-state index in [0.717, 1.165) is 0 Å². The molecule has 0 saturated carbocycles. The number of rotatable bonds is 3. The summed E-state index contributed by atoms with van der Waals surface area (Å²) in [5.41, 5.74) is -10.8. The Hall–Kier alpha value is -2.08. The zero-order chi connectivity index (χ0) is 17.9. The molecule has 0 aromatic heterocycles. The van der Waals surface area contributed by atoms with Crippen LogP contribution in [0.25, 0.3) is 0 Å². The summed E-state index contributed by atoms with van der Waals surface area (Å²) in [5.74, 6) is -23.8. The highest BCUT2D eigenvalue weighted by atomic mass is 19.4. The predicted octanol–water partition coefficient (Wildman–Crippen LogP) is 1.27. The lowest BCUT2D eigenvalue weighted by atomic mass is 9.98. The molecule has 0 saturated heterocycles. The van der Waals surface area contributed by atoms with Gasteiger partial charge in [0.25, 0.3) is 10.9 Å². The molecule has 0 heterocycles. The van der Waals surface area contributed by atoms with Crippen molar-refractivity contribution >= 4 is 0 Å². The minimum Gasteiger partial charge on any atom is -0.504 e. The molecule has 0 unspecified atom stereocenters. The highest BCUT2D eigenvalue weighted by Crippen LogP contribution is 2.56. The Bertz CT molecular complexity index is 739. The zero-order valence-electron chi connectivity index (χ0n) is 9.57. The fourth-order valence-electron chi connectivity index (χ4n) is 1.37. The average Bonchev–Trinajstić information content (AvgIpc) is 2.52. The molecule has 0 aliphatic heterocycles. The Morgan fingerprint density at radius 1 is 0.636 bits per heavy atom. The van der Waals surface area contributed by atoms with E-state index >= 15 is 0 Å². The molecule has 1 rings (SSSR count). The molecule has 0 amide bonds. The lowest BCUT2D eigenvalue weighted by Crippen LogP contribution is -2.60.